The summed E-state index contributed by atoms with van der Waals surface area (Å²) >= 11 is 2.19. The second kappa shape index (κ2) is 10.3. The molecule has 0 aliphatic carbocycles. The van der Waals surface area contributed by atoms with Gasteiger partial charge in [-0.2, -0.15) is 5.10 Å². The smallest absolute Gasteiger partial charge is 0.269 e. The van der Waals surface area contributed by atoms with Crippen molar-refractivity contribution in [2.45, 2.75) is 13.5 Å². The Morgan fingerprint density at radius 2 is 1.97 bits per heavy atom. The summed E-state index contributed by atoms with van der Waals surface area (Å²) in [6.07, 6.45) is 1.68. The van der Waals surface area contributed by atoms with Crippen molar-refractivity contribution in [3.63, 3.8) is 0 Å². The lowest BCUT2D eigenvalue weighted by molar-refractivity contribution is -0.384. The molecule has 0 saturated heterocycles. The molecule has 4 rings (SSSR count). The van der Waals surface area contributed by atoms with E-state index >= 15 is 0 Å². The summed E-state index contributed by atoms with van der Waals surface area (Å²) in [4.78, 5) is 18.0. The highest BCUT2D eigenvalue weighted by molar-refractivity contribution is 14.1. The molecular formula is C23H20IN5O4. The molecule has 0 bridgehead atoms. The number of para-hydroxylation sites is 2. The molecule has 1 heterocycles. The van der Waals surface area contributed by atoms with E-state index in [1.54, 1.807) is 18.3 Å². The molecule has 3 aromatic carbocycles. The average molecular weight is 557 g/mol. The number of fused-ring (bicyclic) bond motifs is 1. The van der Waals surface area contributed by atoms with Crippen LogP contribution in [0.5, 0.6) is 11.5 Å². The molecule has 0 unspecified atom stereocenters. The Morgan fingerprint density at radius 3 is 2.70 bits per heavy atom. The molecule has 33 heavy (non-hydrogen) atoms. The number of anilines is 1. The van der Waals surface area contributed by atoms with Crippen molar-refractivity contribution in [1.29, 1.82) is 0 Å². The van der Waals surface area contributed by atoms with Crippen LogP contribution in [0, 0.1) is 13.7 Å². The molecule has 10 heteroatoms. The van der Waals surface area contributed by atoms with Gasteiger partial charge in [0.2, 0.25) is 5.95 Å². The number of hydrazone groups is 1. The van der Waals surface area contributed by atoms with E-state index in [1.165, 1.54) is 12.1 Å². The maximum Gasteiger partial charge on any atom is 0.269 e. The van der Waals surface area contributed by atoms with Crippen molar-refractivity contribution in [1.82, 2.24) is 9.97 Å². The summed E-state index contributed by atoms with van der Waals surface area (Å²) in [7, 11) is 0. The molecule has 0 amide bonds. The zero-order valence-electron chi connectivity index (χ0n) is 17.6. The van der Waals surface area contributed by atoms with E-state index in [1.807, 2.05) is 43.3 Å². The minimum Gasteiger partial charge on any atom is -0.490 e. The van der Waals surface area contributed by atoms with Gasteiger partial charge in [0.15, 0.2) is 11.5 Å². The Labute approximate surface area is 203 Å². The Bertz CT molecular complexity index is 1270. The van der Waals surface area contributed by atoms with Gasteiger partial charge in [-0.3, -0.25) is 10.1 Å². The summed E-state index contributed by atoms with van der Waals surface area (Å²) in [6.45, 7) is 2.63. The molecule has 0 aliphatic rings. The highest BCUT2D eigenvalue weighted by Crippen LogP contribution is 2.34. The molecule has 0 spiro atoms. The van der Waals surface area contributed by atoms with E-state index in [0.717, 1.165) is 25.7 Å². The van der Waals surface area contributed by atoms with Crippen molar-refractivity contribution >= 4 is 51.5 Å². The van der Waals surface area contributed by atoms with Crippen LogP contribution < -0.4 is 14.9 Å². The van der Waals surface area contributed by atoms with Crippen LogP contribution in [0.3, 0.4) is 0 Å². The van der Waals surface area contributed by atoms with Crippen molar-refractivity contribution in [3.05, 3.63) is 85.5 Å². The van der Waals surface area contributed by atoms with Crippen LogP contribution >= 0.6 is 22.6 Å². The van der Waals surface area contributed by atoms with E-state index < -0.39 is 4.92 Å². The quantitative estimate of drug-likeness (QED) is 0.122. The number of non-ortho nitro benzene ring substituents is 1. The average Bonchev–Trinajstić information content (AvgIpc) is 3.22. The molecule has 168 valence electrons. The minimum absolute atomic E-state index is 0.0447. The first-order valence-electron chi connectivity index (χ1n) is 10.1. The number of nitrogens with one attached hydrogen (secondary N) is 2. The molecule has 0 aliphatic heterocycles. The molecular weight excluding hydrogens is 537 g/mol. The molecule has 9 nitrogen and oxygen atoms in total. The highest BCUT2D eigenvalue weighted by atomic mass is 127. The summed E-state index contributed by atoms with van der Waals surface area (Å²) in [5.41, 5.74) is 6.39. The molecule has 0 fully saturated rings. The number of nitro groups is 1. The monoisotopic (exact) mass is 557 g/mol. The number of nitrogens with zero attached hydrogens (tertiary/aromatic N) is 3. The highest BCUT2D eigenvalue weighted by Gasteiger charge is 2.13. The fourth-order valence-corrected chi connectivity index (χ4v) is 3.89. The molecule has 4 aromatic rings. The molecule has 0 atom stereocenters. The van der Waals surface area contributed by atoms with Crippen LogP contribution in [0.4, 0.5) is 11.6 Å². The number of hydrogen-bond acceptors (Lipinski definition) is 7. The fourth-order valence-electron chi connectivity index (χ4n) is 3.11. The normalized spacial score (nSPS) is 11.1. The van der Waals surface area contributed by atoms with Gasteiger partial charge in [-0.15, -0.1) is 0 Å². The van der Waals surface area contributed by atoms with E-state index in [9.17, 15) is 10.1 Å². The van der Waals surface area contributed by atoms with E-state index in [-0.39, 0.29) is 12.3 Å². The van der Waals surface area contributed by atoms with Crippen molar-refractivity contribution in [2.24, 2.45) is 5.10 Å². The Hall–Kier alpha value is -3.67. The number of ether oxygens (including phenoxy) is 2. The van der Waals surface area contributed by atoms with Crippen LogP contribution in [0.15, 0.2) is 65.8 Å². The number of H-pyrrole nitrogens is 1. The molecule has 0 saturated carbocycles. The maximum absolute atomic E-state index is 10.8. The van der Waals surface area contributed by atoms with Crippen molar-refractivity contribution < 1.29 is 14.4 Å². The third-order valence-corrected chi connectivity index (χ3v) is 5.44. The number of imidazole rings is 1. The standard InChI is InChI=1S/C23H20IN5O4/c1-2-32-21-12-16(13-25-28-23-26-19-5-3-4-6-20(19)27-23)11-18(24)22(21)33-14-15-7-9-17(10-8-15)29(30)31/h3-13H,2,14H2,1H3,(H2,26,27,28)/b25-13+. The summed E-state index contributed by atoms with van der Waals surface area (Å²) < 4.78 is 12.6. The Balaban J connectivity index is 1.47. The molecule has 0 radical (unpaired) electrons. The lowest BCUT2D eigenvalue weighted by Gasteiger charge is -2.14. The van der Waals surface area contributed by atoms with Crippen LogP contribution in [0.2, 0.25) is 0 Å². The number of halogens is 1. The number of aromatic nitrogens is 2. The first-order chi connectivity index (χ1) is 16.0. The van der Waals surface area contributed by atoms with E-state index in [2.05, 4.69) is 43.1 Å². The SMILES string of the molecule is CCOc1cc(/C=N/Nc2nc3ccccc3[nH]2)cc(I)c1OCc1ccc([N+](=O)[O-])cc1. The van der Waals surface area contributed by atoms with Gasteiger partial charge in [-0.25, -0.2) is 10.4 Å². The topological polar surface area (TPSA) is 115 Å². The van der Waals surface area contributed by atoms with Crippen molar-refractivity contribution in [3.8, 4) is 11.5 Å². The summed E-state index contributed by atoms with van der Waals surface area (Å²) in [5.74, 6) is 1.75. The Morgan fingerprint density at radius 1 is 1.18 bits per heavy atom. The first kappa shape index (κ1) is 22.5. The summed E-state index contributed by atoms with van der Waals surface area (Å²) in [6, 6.07) is 17.8. The number of aromatic amines is 1. The van der Waals surface area contributed by atoms with Gasteiger partial charge in [-0.05, 0) is 77.0 Å². The third kappa shape index (κ3) is 5.58. The van der Waals surface area contributed by atoms with Crippen LogP contribution in [0.25, 0.3) is 11.0 Å². The van der Waals surface area contributed by atoms with Crippen molar-refractivity contribution in [2.75, 3.05) is 12.0 Å². The molecule has 1 aromatic heterocycles. The minimum atomic E-state index is -0.426. The third-order valence-electron chi connectivity index (χ3n) is 4.64. The van der Waals surface area contributed by atoms with Gasteiger partial charge < -0.3 is 14.5 Å². The van der Waals surface area contributed by atoms with E-state index in [0.29, 0.717) is 24.1 Å². The van der Waals surface area contributed by atoms with Gasteiger partial charge in [-0.1, -0.05) is 12.1 Å². The predicted octanol–water partition coefficient (Wildman–Crippen LogP) is 5.50. The predicted molar refractivity (Wildman–Crippen MR) is 135 cm³/mol. The van der Waals surface area contributed by atoms with Gasteiger partial charge in [0.1, 0.15) is 6.61 Å². The van der Waals surface area contributed by atoms with Gasteiger partial charge >= 0.3 is 0 Å². The van der Waals surface area contributed by atoms with E-state index in [4.69, 9.17) is 9.47 Å². The number of nitro benzene ring substituents is 1. The second-order valence-electron chi connectivity index (χ2n) is 6.95. The zero-order valence-corrected chi connectivity index (χ0v) is 19.8. The lowest BCUT2D eigenvalue weighted by Crippen LogP contribution is -2.03. The largest absolute Gasteiger partial charge is 0.490 e. The Kier molecular flexibility index (Phi) is 7.03. The van der Waals surface area contributed by atoms with Gasteiger partial charge in [0.25, 0.3) is 5.69 Å². The maximum atomic E-state index is 10.8. The fraction of sp³-hybridized carbons (Fsp3) is 0.130. The second-order valence-corrected chi connectivity index (χ2v) is 8.11. The lowest BCUT2D eigenvalue weighted by atomic mass is 10.2. The van der Waals surface area contributed by atoms with Gasteiger partial charge in [0, 0.05) is 12.1 Å². The summed E-state index contributed by atoms with van der Waals surface area (Å²) in [5, 5.41) is 15.1. The zero-order chi connectivity index (χ0) is 23.2. The first-order valence-corrected chi connectivity index (χ1v) is 11.2. The van der Waals surface area contributed by atoms with Crippen LogP contribution in [0.1, 0.15) is 18.1 Å². The van der Waals surface area contributed by atoms with Crippen LogP contribution in [-0.4, -0.2) is 27.7 Å². The number of benzene rings is 3. The van der Waals surface area contributed by atoms with Crippen LogP contribution in [-0.2, 0) is 6.61 Å². The molecule has 2 N–H and O–H groups in total. The van der Waals surface area contributed by atoms with Gasteiger partial charge in [0.05, 0.1) is 32.3 Å². The number of rotatable bonds is 9. The number of hydrogen-bond donors (Lipinski definition) is 2.